The summed E-state index contributed by atoms with van der Waals surface area (Å²) in [7, 11) is 0. The van der Waals surface area contributed by atoms with Gasteiger partial charge in [0, 0.05) is 6.42 Å². The van der Waals surface area contributed by atoms with Crippen molar-refractivity contribution in [2.24, 2.45) is 5.92 Å². The van der Waals surface area contributed by atoms with Crippen molar-refractivity contribution in [2.45, 2.75) is 31.8 Å². The zero-order valence-electron chi connectivity index (χ0n) is 8.74. The molecular weight excluding hydrogens is 256 g/mol. The van der Waals surface area contributed by atoms with Gasteiger partial charge < -0.3 is 9.52 Å². The smallest absolute Gasteiger partial charge is 0.169 e. The van der Waals surface area contributed by atoms with Gasteiger partial charge in [-0.2, -0.15) is 0 Å². The minimum Gasteiger partial charge on any atom is -0.454 e. The van der Waals surface area contributed by atoms with Gasteiger partial charge in [-0.25, -0.2) is 0 Å². The lowest BCUT2D eigenvalue weighted by molar-refractivity contribution is 0.0645. The highest BCUT2D eigenvalue weighted by Gasteiger charge is 2.28. The average Bonchev–Trinajstić information content (AvgIpc) is 2.57. The second-order valence-corrected chi connectivity index (χ2v) is 5.14. The van der Waals surface area contributed by atoms with Gasteiger partial charge in [0.1, 0.15) is 5.76 Å². The van der Waals surface area contributed by atoms with Crippen molar-refractivity contribution >= 4 is 15.9 Å². The van der Waals surface area contributed by atoms with E-state index in [0.717, 1.165) is 18.6 Å². The van der Waals surface area contributed by atoms with E-state index in [4.69, 9.17) is 4.42 Å². The van der Waals surface area contributed by atoms with Crippen LogP contribution < -0.4 is 0 Å². The highest BCUT2D eigenvalue weighted by Crippen LogP contribution is 2.29. The molecule has 0 saturated carbocycles. The Bertz CT molecular complexity index is 369. The molecule has 1 heterocycles. The summed E-state index contributed by atoms with van der Waals surface area (Å²) in [5.74, 6) is 1.40. The maximum Gasteiger partial charge on any atom is 0.169 e. The molecule has 3 heteroatoms. The van der Waals surface area contributed by atoms with Crippen LogP contribution in [0.1, 0.15) is 25.5 Å². The van der Waals surface area contributed by atoms with Crippen molar-refractivity contribution in [2.75, 3.05) is 0 Å². The lowest BCUT2D eigenvalue weighted by atomic mass is 9.83. The average molecular weight is 271 g/mol. The van der Waals surface area contributed by atoms with Gasteiger partial charge in [0.05, 0.1) is 5.60 Å². The van der Waals surface area contributed by atoms with Gasteiger partial charge in [0.25, 0.3) is 0 Å². The largest absolute Gasteiger partial charge is 0.454 e. The Hall–Kier alpha value is -0.540. The fourth-order valence-electron chi connectivity index (χ4n) is 1.90. The third-order valence-corrected chi connectivity index (χ3v) is 3.30. The van der Waals surface area contributed by atoms with Crippen LogP contribution in [0.3, 0.4) is 0 Å². The van der Waals surface area contributed by atoms with Gasteiger partial charge in [-0.3, -0.25) is 0 Å². The number of halogens is 1. The highest BCUT2D eigenvalue weighted by molar-refractivity contribution is 9.10. The second-order valence-electron chi connectivity index (χ2n) is 4.36. The number of hydrogen-bond donors (Lipinski definition) is 1. The summed E-state index contributed by atoms with van der Waals surface area (Å²) in [5.41, 5.74) is -0.718. The third kappa shape index (κ3) is 2.73. The molecule has 0 saturated heterocycles. The second kappa shape index (κ2) is 4.14. The molecule has 1 aliphatic carbocycles. The molecule has 0 aliphatic heterocycles. The van der Waals surface area contributed by atoms with Crippen LogP contribution in [0.5, 0.6) is 0 Å². The zero-order valence-corrected chi connectivity index (χ0v) is 10.3. The predicted octanol–water partition coefficient (Wildman–Crippen LogP) is 3.30. The first-order chi connectivity index (χ1) is 7.07. The van der Waals surface area contributed by atoms with Crippen molar-refractivity contribution in [1.29, 1.82) is 0 Å². The Morgan fingerprint density at radius 1 is 1.60 bits per heavy atom. The highest BCUT2D eigenvalue weighted by atomic mass is 79.9. The minimum atomic E-state index is -0.718. The maximum absolute atomic E-state index is 10.3. The molecule has 1 N–H and O–H groups in total. The van der Waals surface area contributed by atoms with Crippen LogP contribution in [-0.2, 0) is 6.42 Å². The minimum absolute atomic E-state index is 0.557. The topological polar surface area (TPSA) is 33.4 Å². The van der Waals surface area contributed by atoms with Gasteiger partial charge in [-0.05, 0) is 46.8 Å². The maximum atomic E-state index is 10.3. The molecule has 2 rings (SSSR count). The summed E-state index contributed by atoms with van der Waals surface area (Å²) in [6.07, 6.45) is 6.40. The van der Waals surface area contributed by atoms with Crippen molar-refractivity contribution in [3.05, 3.63) is 34.7 Å². The molecule has 0 amide bonds. The summed E-state index contributed by atoms with van der Waals surface area (Å²) in [5, 5.41) is 10.3. The molecule has 1 aliphatic rings. The van der Waals surface area contributed by atoms with Gasteiger partial charge in [0.2, 0.25) is 0 Å². The predicted molar refractivity (Wildman–Crippen MR) is 62.6 cm³/mol. The first kappa shape index (κ1) is 11.0. The number of furan rings is 1. The lowest BCUT2D eigenvalue weighted by Gasteiger charge is -2.28. The molecule has 0 aromatic carbocycles. The molecule has 0 radical (unpaired) electrons. The number of rotatable bonds is 2. The molecule has 1 aromatic heterocycles. The van der Waals surface area contributed by atoms with E-state index in [9.17, 15) is 5.11 Å². The van der Waals surface area contributed by atoms with E-state index >= 15 is 0 Å². The van der Waals surface area contributed by atoms with Crippen LogP contribution >= 0.6 is 15.9 Å². The van der Waals surface area contributed by atoms with E-state index in [1.807, 2.05) is 18.2 Å². The molecule has 0 spiro atoms. The van der Waals surface area contributed by atoms with Crippen LogP contribution in [0, 0.1) is 5.92 Å². The van der Waals surface area contributed by atoms with E-state index < -0.39 is 5.60 Å². The number of aliphatic hydroxyl groups is 1. The van der Waals surface area contributed by atoms with E-state index in [0.29, 0.717) is 17.0 Å². The van der Waals surface area contributed by atoms with E-state index in [-0.39, 0.29) is 0 Å². The Morgan fingerprint density at radius 3 is 2.93 bits per heavy atom. The van der Waals surface area contributed by atoms with Gasteiger partial charge in [0.15, 0.2) is 4.67 Å². The Kier molecular flexibility index (Phi) is 3.03. The molecule has 15 heavy (non-hydrogen) atoms. The molecule has 2 unspecified atom stereocenters. The van der Waals surface area contributed by atoms with Crippen LogP contribution in [0.25, 0.3) is 0 Å². The summed E-state index contributed by atoms with van der Waals surface area (Å²) in [6.45, 7) is 2.17. The fraction of sp³-hybridized carbons (Fsp3) is 0.500. The molecule has 0 bridgehead atoms. The van der Waals surface area contributed by atoms with Crippen LogP contribution in [0.15, 0.2) is 33.4 Å². The van der Waals surface area contributed by atoms with Gasteiger partial charge in [-0.15, -0.1) is 0 Å². The molecule has 0 fully saturated rings. The standard InChI is InChI=1S/C12H15BrO2/c1-9-4-6-12(14,7-5-9)8-10-2-3-11(13)15-10/h2-4,6,9,14H,5,7-8H2,1H3. The molecular formula is C12H15BrO2. The van der Waals surface area contributed by atoms with Crippen LogP contribution in [-0.4, -0.2) is 10.7 Å². The van der Waals surface area contributed by atoms with Crippen LogP contribution in [0.4, 0.5) is 0 Å². The monoisotopic (exact) mass is 270 g/mol. The summed E-state index contributed by atoms with van der Waals surface area (Å²) < 4.78 is 6.12. The summed E-state index contributed by atoms with van der Waals surface area (Å²) in [4.78, 5) is 0. The zero-order chi connectivity index (χ0) is 10.9. The van der Waals surface area contributed by atoms with E-state index in [2.05, 4.69) is 28.9 Å². The molecule has 82 valence electrons. The Labute approximate surface area is 98.1 Å². The van der Waals surface area contributed by atoms with Crippen molar-refractivity contribution < 1.29 is 9.52 Å². The van der Waals surface area contributed by atoms with E-state index in [1.54, 1.807) is 0 Å². The molecule has 2 atom stereocenters. The Balaban J connectivity index is 2.08. The number of allylic oxidation sites excluding steroid dienone is 1. The van der Waals surface area contributed by atoms with Gasteiger partial charge in [-0.1, -0.05) is 19.1 Å². The van der Waals surface area contributed by atoms with Crippen LogP contribution in [0.2, 0.25) is 0 Å². The summed E-state index contributed by atoms with van der Waals surface area (Å²) in [6, 6.07) is 3.75. The summed E-state index contributed by atoms with van der Waals surface area (Å²) >= 11 is 3.26. The normalized spacial score (nSPS) is 30.7. The Morgan fingerprint density at radius 2 is 2.40 bits per heavy atom. The molecule has 2 nitrogen and oxygen atoms in total. The van der Waals surface area contributed by atoms with Gasteiger partial charge >= 0.3 is 0 Å². The number of hydrogen-bond acceptors (Lipinski definition) is 2. The van der Waals surface area contributed by atoms with Crippen molar-refractivity contribution in [1.82, 2.24) is 0 Å². The quantitative estimate of drug-likeness (QED) is 0.837. The lowest BCUT2D eigenvalue weighted by Crippen LogP contribution is -2.31. The first-order valence-corrected chi connectivity index (χ1v) is 6.03. The molecule has 1 aromatic rings. The van der Waals surface area contributed by atoms with Crippen molar-refractivity contribution in [3.8, 4) is 0 Å². The SMILES string of the molecule is CC1C=CC(O)(Cc2ccc(Br)o2)CC1. The van der Waals surface area contributed by atoms with Crippen molar-refractivity contribution in [3.63, 3.8) is 0 Å². The van der Waals surface area contributed by atoms with E-state index in [1.165, 1.54) is 0 Å². The fourth-order valence-corrected chi connectivity index (χ4v) is 2.24. The third-order valence-electron chi connectivity index (χ3n) is 2.88. The first-order valence-electron chi connectivity index (χ1n) is 5.23.